The molecule has 0 spiro atoms. The summed E-state index contributed by atoms with van der Waals surface area (Å²) in [5, 5.41) is 0. The molecule has 0 radical (unpaired) electrons. The molecule has 2 heteroatoms. The van der Waals surface area contributed by atoms with Crippen molar-refractivity contribution in [3.63, 3.8) is 0 Å². The largest absolute Gasteiger partial charge is 0.372 e. The molecule has 5 unspecified atom stereocenters. The molecule has 2 aliphatic heterocycles. The fraction of sp³-hybridized carbons (Fsp3) is 1.00. The van der Waals surface area contributed by atoms with Crippen molar-refractivity contribution in [3.05, 3.63) is 0 Å². The van der Waals surface area contributed by atoms with Gasteiger partial charge >= 0.3 is 0 Å². The summed E-state index contributed by atoms with van der Waals surface area (Å²) in [5.41, 5.74) is 0.499. The van der Waals surface area contributed by atoms with Crippen LogP contribution in [0.25, 0.3) is 0 Å². The SMILES string of the molecule is CC1C2CC(C)(C)CC2OC1C1CO1. The highest BCUT2D eigenvalue weighted by atomic mass is 16.6. The van der Waals surface area contributed by atoms with Crippen molar-refractivity contribution < 1.29 is 9.47 Å². The maximum atomic E-state index is 6.13. The van der Waals surface area contributed by atoms with Crippen LogP contribution in [-0.4, -0.2) is 24.9 Å². The second kappa shape index (κ2) is 2.73. The Balaban J connectivity index is 1.74. The monoisotopic (exact) mass is 196 g/mol. The molecule has 0 aromatic rings. The third-order valence-corrected chi connectivity index (χ3v) is 4.27. The number of rotatable bonds is 1. The van der Waals surface area contributed by atoms with E-state index in [4.69, 9.17) is 9.47 Å². The van der Waals surface area contributed by atoms with E-state index >= 15 is 0 Å². The maximum Gasteiger partial charge on any atom is 0.107 e. The Morgan fingerprint density at radius 3 is 2.43 bits per heavy atom. The van der Waals surface area contributed by atoms with Gasteiger partial charge in [0, 0.05) is 0 Å². The second-order valence-electron chi connectivity index (χ2n) is 6.11. The molecule has 0 aromatic heterocycles. The Kier molecular flexibility index (Phi) is 1.79. The molecule has 1 saturated carbocycles. The molecule has 0 bridgehead atoms. The lowest BCUT2D eigenvalue weighted by molar-refractivity contribution is 0.00919. The highest BCUT2D eigenvalue weighted by Gasteiger charge is 2.54. The van der Waals surface area contributed by atoms with Gasteiger partial charge in [-0.1, -0.05) is 20.8 Å². The van der Waals surface area contributed by atoms with Gasteiger partial charge in [-0.05, 0) is 30.1 Å². The van der Waals surface area contributed by atoms with Gasteiger partial charge in [-0.2, -0.15) is 0 Å². The van der Waals surface area contributed by atoms with Crippen LogP contribution < -0.4 is 0 Å². The first-order valence-electron chi connectivity index (χ1n) is 5.84. The van der Waals surface area contributed by atoms with Crippen LogP contribution in [0.4, 0.5) is 0 Å². The predicted octanol–water partition coefficient (Wildman–Crippen LogP) is 2.22. The van der Waals surface area contributed by atoms with E-state index < -0.39 is 0 Å². The van der Waals surface area contributed by atoms with Crippen molar-refractivity contribution in [1.82, 2.24) is 0 Å². The van der Waals surface area contributed by atoms with E-state index in [1.807, 2.05) is 0 Å². The molecule has 3 aliphatic rings. The highest BCUT2D eigenvalue weighted by Crippen LogP contribution is 2.52. The van der Waals surface area contributed by atoms with Crippen LogP contribution in [0, 0.1) is 17.3 Å². The van der Waals surface area contributed by atoms with Gasteiger partial charge in [-0.3, -0.25) is 0 Å². The Bertz CT molecular complexity index is 243. The minimum absolute atomic E-state index is 0.404. The van der Waals surface area contributed by atoms with Crippen LogP contribution in [0.2, 0.25) is 0 Å². The normalized spacial score (nSPS) is 54.6. The molecule has 1 aliphatic carbocycles. The molecule has 2 nitrogen and oxygen atoms in total. The van der Waals surface area contributed by atoms with Gasteiger partial charge < -0.3 is 9.47 Å². The molecule has 3 rings (SSSR count). The summed E-state index contributed by atoms with van der Waals surface area (Å²) in [4.78, 5) is 0. The lowest BCUT2D eigenvalue weighted by Gasteiger charge is -2.22. The van der Waals surface area contributed by atoms with E-state index in [-0.39, 0.29) is 0 Å². The van der Waals surface area contributed by atoms with E-state index in [2.05, 4.69) is 20.8 Å². The van der Waals surface area contributed by atoms with Crippen molar-refractivity contribution in [1.29, 1.82) is 0 Å². The van der Waals surface area contributed by atoms with Crippen LogP contribution in [0.5, 0.6) is 0 Å². The molecule has 80 valence electrons. The topological polar surface area (TPSA) is 21.8 Å². The molecule has 0 amide bonds. The molecular weight excluding hydrogens is 176 g/mol. The van der Waals surface area contributed by atoms with Crippen LogP contribution >= 0.6 is 0 Å². The third-order valence-electron chi connectivity index (χ3n) is 4.27. The molecular formula is C12H20O2. The lowest BCUT2D eigenvalue weighted by Crippen LogP contribution is -2.25. The van der Waals surface area contributed by atoms with Gasteiger partial charge in [0.1, 0.15) is 6.10 Å². The van der Waals surface area contributed by atoms with E-state index in [1.165, 1.54) is 12.8 Å². The zero-order chi connectivity index (χ0) is 9.92. The van der Waals surface area contributed by atoms with Crippen LogP contribution in [0.1, 0.15) is 33.6 Å². The summed E-state index contributed by atoms with van der Waals surface area (Å²) < 4.78 is 11.5. The highest BCUT2D eigenvalue weighted by molar-refractivity contribution is 5.02. The van der Waals surface area contributed by atoms with Crippen molar-refractivity contribution >= 4 is 0 Å². The third kappa shape index (κ3) is 1.31. The smallest absolute Gasteiger partial charge is 0.107 e. The van der Waals surface area contributed by atoms with Gasteiger partial charge in [-0.15, -0.1) is 0 Å². The van der Waals surface area contributed by atoms with Crippen molar-refractivity contribution in [2.75, 3.05) is 6.61 Å². The summed E-state index contributed by atoms with van der Waals surface area (Å²) in [5.74, 6) is 1.49. The fourth-order valence-corrected chi connectivity index (χ4v) is 3.46. The maximum absolute atomic E-state index is 6.13. The van der Waals surface area contributed by atoms with Crippen molar-refractivity contribution in [2.24, 2.45) is 17.3 Å². The number of hydrogen-bond acceptors (Lipinski definition) is 2. The average molecular weight is 196 g/mol. The van der Waals surface area contributed by atoms with E-state index in [9.17, 15) is 0 Å². The van der Waals surface area contributed by atoms with Gasteiger partial charge in [0.2, 0.25) is 0 Å². The fourth-order valence-electron chi connectivity index (χ4n) is 3.46. The summed E-state index contributed by atoms with van der Waals surface area (Å²) in [6, 6.07) is 0. The van der Waals surface area contributed by atoms with E-state index in [0.29, 0.717) is 29.6 Å². The molecule has 2 saturated heterocycles. The zero-order valence-electron chi connectivity index (χ0n) is 9.32. The quantitative estimate of drug-likeness (QED) is 0.600. The molecule has 3 fully saturated rings. The molecule has 0 N–H and O–H groups in total. The number of ether oxygens (including phenoxy) is 2. The van der Waals surface area contributed by atoms with Gasteiger partial charge in [-0.25, -0.2) is 0 Å². The Morgan fingerprint density at radius 1 is 1.14 bits per heavy atom. The molecule has 0 aromatic carbocycles. The van der Waals surface area contributed by atoms with Crippen LogP contribution in [-0.2, 0) is 9.47 Å². The first kappa shape index (κ1) is 9.17. The first-order valence-corrected chi connectivity index (χ1v) is 5.84. The van der Waals surface area contributed by atoms with Gasteiger partial charge in [0.05, 0.1) is 18.8 Å². The van der Waals surface area contributed by atoms with Gasteiger partial charge in [0.15, 0.2) is 0 Å². The molecule has 14 heavy (non-hydrogen) atoms. The standard InChI is InChI=1S/C12H20O2/c1-7-8-4-12(2,3)5-9(8)14-11(7)10-6-13-10/h7-11H,4-6H2,1-3H3. The number of epoxide rings is 1. The summed E-state index contributed by atoms with van der Waals surface area (Å²) >= 11 is 0. The van der Waals surface area contributed by atoms with Gasteiger partial charge in [0.25, 0.3) is 0 Å². The van der Waals surface area contributed by atoms with Crippen molar-refractivity contribution in [2.45, 2.75) is 51.9 Å². The molecule has 5 atom stereocenters. The average Bonchev–Trinajstić information content (AvgIpc) is 2.81. The minimum atomic E-state index is 0.404. The predicted molar refractivity (Wildman–Crippen MR) is 54.1 cm³/mol. The Hall–Kier alpha value is -0.0800. The summed E-state index contributed by atoms with van der Waals surface area (Å²) in [6.45, 7) is 8.00. The van der Waals surface area contributed by atoms with Crippen LogP contribution in [0.3, 0.4) is 0 Å². The minimum Gasteiger partial charge on any atom is -0.372 e. The van der Waals surface area contributed by atoms with E-state index in [1.54, 1.807) is 0 Å². The Labute approximate surface area is 86.0 Å². The molecule has 2 heterocycles. The van der Waals surface area contributed by atoms with E-state index in [0.717, 1.165) is 12.5 Å². The first-order chi connectivity index (χ1) is 6.57. The second-order valence-corrected chi connectivity index (χ2v) is 6.11. The Morgan fingerprint density at radius 2 is 1.86 bits per heavy atom. The van der Waals surface area contributed by atoms with Crippen LogP contribution in [0.15, 0.2) is 0 Å². The summed E-state index contributed by atoms with van der Waals surface area (Å²) in [7, 11) is 0. The number of fused-ring (bicyclic) bond motifs is 1. The zero-order valence-corrected chi connectivity index (χ0v) is 9.32. The lowest BCUT2D eigenvalue weighted by atomic mass is 9.84. The van der Waals surface area contributed by atoms with Crippen molar-refractivity contribution in [3.8, 4) is 0 Å². The summed E-state index contributed by atoms with van der Waals surface area (Å²) in [6.07, 6.45) is 3.93. The number of hydrogen-bond donors (Lipinski definition) is 0.